The molecule has 1 N–H and O–H groups in total. The van der Waals surface area contributed by atoms with Crippen LogP contribution in [0.15, 0.2) is 0 Å². The minimum Gasteiger partial charge on any atom is -0.320 e. The first kappa shape index (κ1) is 8.42. The van der Waals surface area contributed by atoms with Gasteiger partial charge in [-0.25, -0.2) is 4.90 Å². The standard InChI is InChI=1S/C6H12N2O3/c9-6(8(10)11)7-4-2-1-3-5-7/h6,9H,1-5H2. The van der Waals surface area contributed by atoms with Gasteiger partial charge in [-0.15, -0.1) is 0 Å². The molecule has 1 fully saturated rings. The number of hydrogen-bond donors (Lipinski definition) is 1. The van der Waals surface area contributed by atoms with Crippen LogP contribution in [-0.2, 0) is 0 Å². The highest BCUT2D eigenvalue weighted by Crippen LogP contribution is 2.10. The van der Waals surface area contributed by atoms with E-state index in [1.807, 2.05) is 0 Å². The lowest BCUT2D eigenvalue weighted by Crippen LogP contribution is -2.43. The Morgan fingerprint density at radius 2 is 1.91 bits per heavy atom. The van der Waals surface area contributed by atoms with Crippen LogP contribution >= 0.6 is 0 Å². The lowest BCUT2D eigenvalue weighted by molar-refractivity contribution is -0.601. The Balaban J connectivity index is 2.38. The van der Waals surface area contributed by atoms with Gasteiger partial charge in [-0.1, -0.05) is 6.42 Å². The quantitative estimate of drug-likeness (QED) is 0.351. The van der Waals surface area contributed by atoms with Crippen molar-refractivity contribution in [1.82, 2.24) is 4.90 Å². The minimum atomic E-state index is -1.49. The first-order valence-electron chi connectivity index (χ1n) is 3.77. The highest BCUT2D eigenvalue weighted by atomic mass is 16.7. The van der Waals surface area contributed by atoms with Gasteiger partial charge in [-0.3, -0.25) is 10.1 Å². The van der Waals surface area contributed by atoms with Crippen molar-refractivity contribution >= 4 is 0 Å². The van der Waals surface area contributed by atoms with Gasteiger partial charge < -0.3 is 5.11 Å². The average molecular weight is 160 g/mol. The summed E-state index contributed by atoms with van der Waals surface area (Å²) in [5.74, 6) is 0. The zero-order chi connectivity index (χ0) is 8.27. The molecule has 0 aromatic heterocycles. The molecule has 1 aliphatic heterocycles. The lowest BCUT2D eigenvalue weighted by Gasteiger charge is -2.25. The second-order valence-corrected chi connectivity index (χ2v) is 2.73. The van der Waals surface area contributed by atoms with Crippen LogP contribution in [0.2, 0.25) is 0 Å². The summed E-state index contributed by atoms with van der Waals surface area (Å²) in [6.45, 7) is 1.28. The van der Waals surface area contributed by atoms with Crippen LogP contribution in [0.25, 0.3) is 0 Å². The van der Waals surface area contributed by atoms with Gasteiger partial charge in [-0.05, 0) is 12.8 Å². The van der Waals surface area contributed by atoms with Gasteiger partial charge in [-0.2, -0.15) is 0 Å². The molecular formula is C6H12N2O3. The van der Waals surface area contributed by atoms with Gasteiger partial charge in [0.25, 0.3) is 0 Å². The van der Waals surface area contributed by atoms with Crippen molar-refractivity contribution in [3.8, 4) is 0 Å². The van der Waals surface area contributed by atoms with Crippen LogP contribution in [0.4, 0.5) is 0 Å². The lowest BCUT2D eigenvalue weighted by atomic mass is 10.1. The van der Waals surface area contributed by atoms with Gasteiger partial charge in [0.15, 0.2) is 0 Å². The Morgan fingerprint density at radius 1 is 1.36 bits per heavy atom. The number of nitrogens with zero attached hydrogens (tertiary/aromatic N) is 2. The molecular weight excluding hydrogens is 148 g/mol. The molecule has 0 aromatic carbocycles. The second kappa shape index (κ2) is 3.64. The predicted molar refractivity (Wildman–Crippen MR) is 38.4 cm³/mol. The van der Waals surface area contributed by atoms with Crippen LogP contribution in [-0.4, -0.2) is 34.4 Å². The van der Waals surface area contributed by atoms with Crippen molar-refractivity contribution in [3.05, 3.63) is 10.1 Å². The van der Waals surface area contributed by atoms with E-state index in [0.717, 1.165) is 19.3 Å². The topological polar surface area (TPSA) is 66.6 Å². The van der Waals surface area contributed by atoms with E-state index in [0.29, 0.717) is 13.1 Å². The molecule has 0 aliphatic carbocycles. The molecule has 0 saturated carbocycles. The van der Waals surface area contributed by atoms with E-state index in [4.69, 9.17) is 5.11 Å². The van der Waals surface area contributed by atoms with E-state index in [-0.39, 0.29) is 0 Å². The number of hydrogen-bond acceptors (Lipinski definition) is 4. The zero-order valence-electron chi connectivity index (χ0n) is 6.27. The van der Waals surface area contributed by atoms with E-state index < -0.39 is 11.3 Å². The number of rotatable bonds is 2. The summed E-state index contributed by atoms with van der Waals surface area (Å²) >= 11 is 0. The van der Waals surface area contributed by atoms with Crippen molar-refractivity contribution in [2.45, 2.75) is 25.6 Å². The van der Waals surface area contributed by atoms with Crippen molar-refractivity contribution in [1.29, 1.82) is 0 Å². The average Bonchev–Trinajstić information content (AvgIpc) is 2.05. The Labute approximate surface area is 64.8 Å². The van der Waals surface area contributed by atoms with Crippen LogP contribution in [0.1, 0.15) is 19.3 Å². The molecule has 0 bridgehead atoms. The molecule has 0 radical (unpaired) electrons. The monoisotopic (exact) mass is 160 g/mol. The Bertz CT molecular complexity index is 145. The molecule has 1 rings (SSSR count). The Hall–Kier alpha value is -0.680. The molecule has 0 spiro atoms. The number of aliphatic hydroxyl groups excluding tert-OH is 1. The molecule has 1 aliphatic rings. The molecule has 0 aromatic rings. The fraction of sp³-hybridized carbons (Fsp3) is 1.00. The molecule has 1 heterocycles. The summed E-state index contributed by atoms with van der Waals surface area (Å²) in [6, 6.07) is 0. The van der Waals surface area contributed by atoms with E-state index in [1.54, 1.807) is 0 Å². The maximum atomic E-state index is 10.1. The van der Waals surface area contributed by atoms with Crippen LogP contribution in [0, 0.1) is 10.1 Å². The van der Waals surface area contributed by atoms with E-state index in [1.165, 1.54) is 4.90 Å². The summed E-state index contributed by atoms with van der Waals surface area (Å²) < 4.78 is 0. The van der Waals surface area contributed by atoms with E-state index in [2.05, 4.69) is 0 Å². The summed E-state index contributed by atoms with van der Waals surface area (Å²) in [7, 11) is 0. The second-order valence-electron chi connectivity index (χ2n) is 2.73. The zero-order valence-corrected chi connectivity index (χ0v) is 6.27. The molecule has 1 saturated heterocycles. The van der Waals surface area contributed by atoms with Crippen molar-refractivity contribution in [2.75, 3.05) is 13.1 Å². The highest BCUT2D eigenvalue weighted by Gasteiger charge is 2.26. The number of piperidine rings is 1. The number of nitro groups is 1. The number of likely N-dealkylation sites (tertiary alicyclic amines) is 1. The molecule has 0 amide bonds. The van der Waals surface area contributed by atoms with Gasteiger partial charge in [0.05, 0.1) is 4.92 Å². The summed E-state index contributed by atoms with van der Waals surface area (Å²) in [4.78, 5) is 10.9. The van der Waals surface area contributed by atoms with Crippen molar-refractivity contribution in [3.63, 3.8) is 0 Å². The van der Waals surface area contributed by atoms with E-state index >= 15 is 0 Å². The van der Waals surface area contributed by atoms with Crippen LogP contribution in [0.5, 0.6) is 0 Å². The Kier molecular flexibility index (Phi) is 2.78. The third-order valence-corrected chi connectivity index (χ3v) is 1.91. The van der Waals surface area contributed by atoms with Gasteiger partial charge in [0.1, 0.15) is 0 Å². The molecule has 11 heavy (non-hydrogen) atoms. The van der Waals surface area contributed by atoms with Crippen LogP contribution < -0.4 is 0 Å². The molecule has 64 valence electrons. The fourth-order valence-corrected chi connectivity index (χ4v) is 1.28. The largest absolute Gasteiger partial charge is 0.376 e. The number of aliphatic hydroxyl groups is 1. The SMILES string of the molecule is O=[N+]([O-])C(O)N1CCCCC1. The molecule has 5 nitrogen and oxygen atoms in total. The molecule has 5 heteroatoms. The minimum absolute atomic E-state index is 0.641. The Morgan fingerprint density at radius 3 is 2.36 bits per heavy atom. The normalized spacial score (nSPS) is 23.0. The maximum Gasteiger partial charge on any atom is 0.376 e. The fourth-order valence-electron chi connectivity index (χ4n) is 1.28. The molecule has 1 atom stereocenters. The summed E-state index contributed by atoms with van der Waals surface area (Å²) in [6.07, 6.45) is 1.52. The van der Waals surface area contributed by atoms with E-state index in [9.17, 15) is 10.1 Å². The first-order chi connectivity index (χ1) is 5.22. The van der Waals surface area contributed by atoms with Crippen LogP contribution in [0.3, 0.4) is 0 Å². The third kappa shape index (κ3) is 2.13. The smallest absolute Gasteiger partial charge is 0.320 e. The summed E-state index contributed by atoms with van der Waals surface area (Å²) in [5, 5.41) is 19.1. The summed E-state index contributed by atoms with van der Waals surface area (Å²) in [5.41, 5.74) is 0. The van der Waals surface area contributed by atoms with Gasteiger partial charge in [0, 0.05) is 13.1 Å². The third-order valence-electron chi connectivity index (χ3n) is 1.91. The van der Waals surface area contributed by atoms with Crippen molar-refractivity contribution < 1.29 is 10.0 Å². The highest BCUT2D eigenvalue weighted by molar-refractivity contribution is 4.62. The van der Waals surface area contributed by atoms with Crippen molar-refractivity contribution in [2.24, 2.45) is 0 Å². The predicted octanol–water partition coefficient (Wildman–Crippen LogP) is 0.0249. The molecule has 1 unspecified atom stereocenters. The first-order valence-corrected chi connectivity index (χ1v) is 3.77. The van der Waals surface area contributed by atoms with Gasteiger partial charge in [0.2, 0.25) is 0 Å². The van der Waals surface area contributed by atoms with Gasteiger partial charge >= 0.3 is 6.35 Å². The maximum absolute atomic E-state index is 10.1.